The van der Waals surface area contributed by atoms with Gasteiger partial charge in [-0.15, -0.1) is 0 Å². The van der Waals surface area contributed by atoms with Crippen molar-refractivity contribution < 1.29 is 9.53 Å². The molecule has 0 aliphatic heterocycles. The van der Waals surface area contributed by atoms with Gasteiger partial charge in [-0.1, -0.05) is 0 Å². The van der Waals surface area contributed by atoms with Crippen LogP contribution in [0.5, 0.6) is 5.75 Å². The number of hydrogen-bond acceptors (Lipinski definition) is 2. The van der Waals surface area contributed by atoms with Crippen molar-refractivity contribution >= 4 is 16.7 Å². The predicted molar refractivity (Wildman–Crippen MR) is 78.1 cm³/mol. The highest BCUT2D eigenvalue weighted by molar-refractivity contribution is 6.08. The van der Waals surface area contributed by atoms with Crippen molar-refractivity contribution in [1.29, 1.82) is 0 Å². The Balaban J connectivity index is 2.69. The maximum Gasteiger partial charge on any atom is 0.162 e. The number of fused-ring (bicyclic) bond motifs is 1. The largest absolute Gasteiger partial charge is 0.491 e. The van der Waals surface area contributed by atoms with Gasteiger partial charge in [0.2, 0.25) is 0 Å². The van der Waals surface area contributed by atoms with Crippen LogP contribution in [0.25, 0.3) is 10.9 Å². The first-order chi connectivity index (χ1) is 8.95. The molecule has 0 fully saturated rings. The summed E-state index contributed by atoms with van der Waals surface area (Å²) in [6.45, 7) is 10.6. The number of ether oxygens (including phenoxy) is 1. The standard InChI is InChI=1S/C16H21NO2/c1-6-17-11(4)16(12(5)18)14-9-13(19-10(2)3)7-8-15(14)17/h7-10H,6H2,1-5H3. The van der Waals surface area contributed by atoms with Crippen molar-refractivity contribution in [2.45, 2.75) is 47.3 Å². The number of Topliss-reactive ketones (excluding diaryl/α,β-unsaturated/α-hetero) is 1. The lowest BCUT2D eigenvalue weighted by atomic mass is 10.1. The van der Waals surface area contributed by atoms with Crippen LogP contribution in [-0.4, -0.2) is 16.5 Å². The van der Waals surface area contributed by atoms with Gasteiger partial charge >= 0.3 is 0 Å². The van der Waals surface area contributed by atoms with Crippen LogP contribution >= 0.6 is 0 Å². The SMILES string of the molecule is CCn1c(C)c(C(C)=O)c2cc(OC(C)C)ccc21. The molecule has 0 N–H and O–H groups in total. The molecular weight excluding hydrogens is 238 g/mol. The fourth-order valence-corrected chi connectivity index (χ4v) is 2.66. The van der Waals surface area contributed by atoms with E-state index in [4.69, 9.17) is 4.74 Å². The van der Waals surface area contributed by atoms with Crippen molar-refractivity contribution in [3.05, 3.63) is 29.5 Å². The molecular formula is C16H21NO2. The summed E-state index contributed by atoms with van der Waals surface area (Å²) in [6.07, 6.45) is 0.132. The smallest absolute Gasteiger partial charge is 0.162 e. The lowest BCUT2D eigenvalue weighted by molar-refractivity contribution is 0.101. The lowest BCUT2D eigenvalue weighted by Gasteiger charge is -2.10. The summed E-state index contributed by atoms with van der Waals surface area (Å²) in [5.74, 6) is 0.926. The zero-order chi connectivity index (χ0) is 14.2. The van der Waals surface area contributed by atoms with E-state index in [-0.39, 0.29) is 11.9 Å². The van der Waals surface area contributed by atoms with E-state index in [2.05, 4.69) is 11.5 Å². The second kappa shape index (κ2) is 5.08. The summed E-state index contributed by atoms with van der Waals surface area (Å²) in [5, 5.41) is 0.991. The minimum Gasteiger partial charge on any atom is -0.491 e. The van der Waals surface area contributed by atoms with Gasteiger partial charge in [-0.2, -0.15) is 0 Å². The van der Waals surface area contributed by atoms with Gasteiger partial charge < -0.3 is 9.30 Å². The van der Waals surface area contributed by atoms with Crippen LogP contribution in [0.2, 0.25) is 0 Å². The summed E-state index contributed by atoms with van der Waals surface area (Å²) < 4.78 is 7.89. The van der Waals surface area contributed by atoms with Crippen LogP contribution in [0, 0.1) is 6.92 Å². The maximum absolute atomic E-state index is 11.9. The Morgan fingerprint density at radius 2 is 2.05 bits per heavy atom. The average Bonchev–Trinajstić information content (AvgIpc) is 2.59. The van der Waals surface area contributed by atoms with E-state index in [9.17, 15) is 4.79 Å². The first kappa shape index (κ1) is 13.7. The number of carbonyl (C=O) groups excluding carboxylic acids is 1. The van der Waals surface area contributed by atoms with Gasteiger partial charge in [-0.25, -0.2) is 0 Å². The highest BCUT2D eigenvalue weighted by Gasteiger charge is 2.17. The summed E-state index contributed by atoms with van der Waals surface area (Å²) >= 11 is 0. The van der Waals surface area contributed by atoms with Crippen molar-refractivity contribution in [3.63, 3.8) is 0 Å². The number of carbonyl (C=O) groups is 1. The van der Waals surface area contributed by atoms with Gasteiger partial charge in [0.1, 0.15) is 5.75 Å². The fraction of sp³-hybridized carbons (Fsp3) is 0.438. The second-order valence-corrected chi connectivity index (χ2v) is 5.11. The van der Waals surface area contributed by atoms with Gasteiger partial charge in [0.15, 0.2) is 5.78 Å². The molecule has 0 spiro atoms. The summed E-state index contributed by atoms with van der Waals surface area (Å²) in [4.78, 5) is 11.9. The Labute approximate surface area is 114 Å². The number of nitrogens with zero attached hydrogens (tertiary/aromatic N) is 1. The molecule has 0 aliphatic rings. The van der Waals surface area contributed by atoms with E-state index in [1.165, 1.54) is 0 Å². The van der Waals surface area contributed by atoms with Crippen LogP contribution < -0.4 is 4.74 Å². The van der Waals surface area contributed by atoms with Gasteiger partial charge in [0.05, 0.1) is 6.10 Å². The zero-order valence-corrected chi connectivity index (χ0v) is 12.3. The van der Waals surface area contributed by atoms with E-state index in [0.29, 0.717) is 0 Å². The third kappa shape index (κ3) is 2.37. The number of aromatic nitrogens is 1. The first-order valence-corrected chi connectivity index (χ1v) is 6.76. The van der Waals surface area contributed by atoms with E-state index in [0.717, 1.165) is 34.5 Å². The third-order valence-corrected chi connectivity index (χ3v) is 3.33. The number of rotatable bonds is 4. The Morgan fingerprint density at radius 1 is 1.37 bits per heavy atom. The van der Waals surface area contributed by atoms with Crippen molar-refractivity contribution in [2.24, 2.45) is 0 Å². The molecule has 2 rings (SSSR count). The summed E-state index contributed by atoms with van der Waals surface area (Å²) in [6, 6.07) is 5.99. The van der Waals surface area contributed by atoms with Gasteiger partial charge in [-0.05, 0) is 52.8 Å². The van der Waals surface area contributed by atoms with E-state index in [1.807, 2.05) is 39.0 Å². The molecule has 1 aromatic carbocycles. The summed E-state index contributed by atoms with van der Waals surface area (Å²) in [7, 11) is 0. The van der Waals surface area contributed by atoms with E-state index < -0.39 is 0 Å². The van der Waals surface area contributed by atoms with Gasteiger partial charge in [-0.3, -0.25) is 4.79 Å². The fourth-order valence-electron chi connectivity index (χ4n) is 2.66. The molecule has 0 saturated heterocycles. The topological polar surface area (TPSA) is 31.2 Å². The molecule has 0 aliphatic carbocycles. The Bertz CT molecular complexity index is 623. The molecule has 0 atom stereocenters. The van der Waals surface area contributed by atoms with Crippen molar-refractivity contribution in [1.82, 2.24) is 4.57 Å². The first-order valence-electron chi connectivity index (χ1n) is 6.76. The molecule has 3 heteroatoms. The van der Waals surface area contributed by atoms with Crippen LogP contribution in [0.1, 0.15) is 43.7 Å². The summed E-state index contributed by atoms with van der Waals surface area (Å²) in [5.41, 5.74) is 2.94. The van der Waals surface area contributed by atoms with Gasteiger partial charge in [0.25, 0.3) is 0 Å². The van der Waals surface area contributed by atoms with Crippen LogP contribution in [-0.2, 0) is 6.54 Å². The molecule has 0 bridgehead atoms. The highest BCUT2D eigenvalue weighted by Crippen LogP contribution is 2.30. The molecule has 2 aromatic rings. The van der Waals surface area contributed by atoms with Crippen LogP contribution in [0.3, 0.4) is 0 Å². The van der Waals surface area contributed by atoms with E-state index >= 15 is 0 Å². The minimum atomic E-state index is 0.108. The molecule has 102 valence electrons. The number of hydrogen-bond donors (Lipinski definition) is 0. The minimum absolute atomic E-state index is 0.108. The molecule has 1 heterocycles. The maximum atomic E-state index is 11.9. The van der Waals surface area contributed by atoms with Crippen LogP contribution in [0.15, 0.2) is 18.2 Å². The van der Waals surface area contributed by atoms with Gasteiger partial charge in [0, 0.05) is 28.7 Å². The van der Waals surface area contributed by atoms with Crippen molar-refractivity contribution in [2.75, 3.05) is 0 Å². The average molecular weight is 259 g/mol. The van der Waals surface area contributed by atoms with E-state index in [1.54, 1.807) is 6.92 Å². The molecule has 3 nitrogen and oxygen atoms in total. The molecule has 0 saturated carbocycles. The number of benzene rings is 1. The monoisotopic (exact) mass is 259 g/mol. The Kier molecular flexibility index (Phi) is 3.65. The van der Waals surface area contributed by atoms with Crippen molar-refractivity contribution in [3.8, 4) is 5.75 Å². The predicted octanol–water partition coefficient (Wildman–Crippen LogP) is 3.96. The quantitative estimate of drug-likeness (QED) is 0.778. The van der Waals surface area contributed by atoms with Crippen LogP contribution in [0.4, 0.5) is 0 Å². The molecule has 0 amide bonds. The molecule has 1 aromatic heterocycles. The Hall–Kier alpha value is -1.77. The zero-order valence-electron chi connectivity index (χ0n) is 12.3. The highest BCUT2D eigenvalue weighted by atomic mass is 16.5. The number of aryl methyl sites for hydroxylation is 1. The third-order valence-electron chi connectivity index (χ3n) is 3.33. The Morgan fingerprint density at radius 3 is 2.58 bits per heavy atom. The normalized spacial score (nSPS) is 11.3. The molecule has 0 radical (unpaired) electrons. The number of ketones is 1. The second-order valence-electron chi connectivity index (χ2n) is 5.11. The molecule has 19 heavy (non-hydrogen) atoms. The molecule has 0 unspecified atom stereocenters. The lowest BCUT2D eigenvalue weighted by Crippen LogP contribution is -2.05.